The maximum absolute atomic E-state index is 15.6. The molecule has 5 atom stereocenters. The van der Waals surface area contributed by atoms with Crippen molar-refractivity contribution in [2.45, 2.75) is 131 Å². The van der Waals surface area contributed by atoms with Crippen LogP contribution in [-0.2, 0) is 56.9 Å². The van der Waals surface area contributed by atoms with Crippen LogP contribution in [-0.4, -0.2) is 110 Å². The van der Waals surface area contributed by atoms with Crippen molar-refractivity contribution in [3.05, 3.63) is 102 Å². The molecule has 0 radical (unpaired) electrons. The number of aromatic hydroxyl groups is 1. The number of rotatable bonds is 17. The number of aryl methyl sites for hydroxylation is 1. The molecule has 1 saturated carbocycles. The summed E-state index contributed by atoms with van der Waals surface area (Å²) < 4.78 is 10.1. The quantitative estimate of drug-likeness (QED) is 0.0602. The van der Waals surface area contributed by atoms with Crippen LogP contribution in [0, 0.1) is 35.0 Å². The number of nitrogens with one attached hydrogen (secondary N) is 2. The largest absolute Gasteiger partial charge is 0.508 e. The molecule has 6 bridgehead atoms. The van der Waals surface area contributed by atoms with E-state index >= 15 is 9.59 Å². The summed E-state index contributed by atoms with van der Waals surface area (Å²) >= 11 is 0. The number of phenolic OH excluding ortho intramolecular Hbond substituents is 1. The molecule has 1 saturated heterocycles. The Morgan fingerprint density at radius 2 is 1.74 bits per heavy atom. The van der Waals surface area contributed by atoms with Gasteiger partial charge in [0.1, 0.15) is 17.6 Å². The van der Waals surface area contributed by atoms with Gasteiger partial charge in [-0.1, -0.05) is 96.9 Å². The topological polar surface area (TPSA) is 171 Å². The minimum absolute atomic E-state index is 0.0331. The molecular formula is C62H82N8O7. The zero-order valence-electron chi connectivity index (χ0n) is 47.3. The standard InChI is InChI=1S/C62H82N8O7/c1-12-18-39(5)19-16-23-53(72)64-52-35-63-58(67(52)10)60(75)68(11)55(38(3)4)57(73)54(41-24-25-41)48-31-40-29-44(32-45(71)30-40)42-26-27-51-47(33-42)49(56(69(51)13-2)46-21-15-14-20-43(46)36-66(8)9)34-62(6,7)37-77-61(76)50-22-17-28-70(65-50)59(48)74/h14-16,20-21,23,26-27,29-30,32-33,35,38-39,41,48,50,54-55,65,71H,12-13,17-19,22,24-25,28,31,34,36-37H2,1-11H3,(H,64,72)/b23-16+/t39?,48?,50-,54?,55-/m0/s1. The summed E-state index contributed by atoms with van der Waals surface area (Å²) in [6.07, 6.45) is 10.9. The smallest absolute Gasteiger partial charge is 0.324 e. The Morgan fingerprint density at radius 1 is 0.987 bits per heavy atom. The molecule has 15 heteroatoms. The molecule has 15 nitrogen and oxygen atoms in total. The number of carbonyl (C=O) groups excluding carboxylic acids is 5. The number of benzene rings is 3. The van der Waals surface area contributed by atoms with Gasteiger partial charge in [0.05, 0.1) is 30.5 Å². The van der Waals surface area contributed by atoms with Gasteiger partial charge in [-0.3, -0.25) is 29.0 Å². The zero-order valence-corrected chi connectivity index (χ0v) is 47.3. The molecule has 8 rings (SSSR count). The number of ether oxygens (including phenoxy) is 1. The molecule has 3 aliphatic rings. The second-order valence-electron chi connectivity index (χ2n) is 23.6. The molecule has 77 heavy (non-hydrogen) atoms. The summed E-state index contributed by atoms with van der Waals surface area (Å²) in [5.41, 5.74) is 10.8. The number of cyclic esters (lactones) is 1. The predicted molar refractivity (Wildman–Crippen MR) is 303 cm³/mol. The van der Waals surface area contributed by atoms with Crippen molar-refractivity contribution in [3.63, 3.8) is 0 Å². The van der Waals surface area contributed by atoms with E-state index in [1.54, 1.807) is 26.2 Å². The second kappa shape index (κ2) is 24.0. The van der Waals surface area contributed by atoms with Crippen molar-refractivity contribution < 1.29 is 33.8 Å². The summed E-state index contributed by atoms with van der Waals surface area (Å²) in [4.78, 5) is 80.9. The van der Waals surface area contributed by atoms with Crippen LogP contribution in [0.1, 0.15) is 121 Å². The van der Waals surface area contributed by atoms with Gasteiger partial charge in [0, 0.05) is 61.5 Å². The van der Waals surface area contributed by atoms with Crippen molar-refractivity contribution >= 4 is 46.2 Å². The number of hydrazine groups is 1. The van der Waals surface area contributed by atoms with Gasteiger partial charge in [-0.2, -0.15) is 0 Å². The number of nitrogens with zero attached hydrogens (tertiary/aromatic N) is 6. The maximum Gasteiger partial charge on any atom is 0.324 e. The Kier molecular flexibility index (Phi) is 17.6. The van der Waals surface area contributed by atoms with Gasteiger partial charge in [-0.25, -0.2) is 10.4 Å². The number of anilines is 1. The van der Waals surface area contributed by atoms with Crippen LogP contribution >= 0.6 is 0 Å². The Labute approximate surface area is 455 Å². The number of imidazole rings is 1. The fourth-order valence-electron chi connectivity index (χ4n) is 12.0. The SMILES string of the molecule is CCCC(C)C/C=C/C(=O)Nc1cnc(C(=O)N(C)[C@H](C(=O)C(C2CC2)C2Cc3cc(O)cc(c3)-c3ccc4c(c3)c(c(-c3ccccc3CN(C)C)n4CC)CC(C)(C)COC(=O)[C@@H]3CCCN(N3)C2=O)C(C)C)n1C. The number of fused-ring (bicyclic) bond motifs is 6. The number of hydrogen-bond acceptors (Lipinski definition) is 10. The van der Waals surface area contributed by atoms with Crippen LogP contribution < -0.4 is 10.7 Å². The number of aromatic nitrogens is 3. The first kappa shape index (κ1) is 56.6. The van der Waals surface area contributed by atoms with Gasteiger partial charge in [-0.15, -0.1) is 0 Å². The van der Waals surface area contributed by atoms with Crippen molar-refractivity contribution in [3.8, 4) is 28.1 Å². The predicted octanol–water partition coefficient (Wildman–Crippen LogP) is 9.99. The van der Waals surface area contributed by atoms with Crippen LogP contribution in [0.2, 0.25) is 0 Å². The highest BCUT2D eigenvalue weighted by Crippen LogP contribution is 2.46. The van der Waals surface area contributed by atoms with Crippen molar-refractivity contribution in [2.75, 3.05) is 39.6 Å². The lowest BCUT2D eigenvalue weighted by atomic mass is 9.75. The van der Waals surface area contributed by atoms with Gasteiger partial charge < -0.3 is 34.1 Å². The third kappa shape index (κ3) is 12.7. The molecule has 3 aromatic carbocycles. The summed E-state index contributed by atoms with van der Waals surface area (Å²) in [5.74, 6) is -3.23. The van der Waals surface area contributed by atoms with Crippen LogP contribution in [0.15, 0.2) is 79.0 Å². The highest BCUT2D eigenvalue weighted by Gasteiger charge is 2.50. The first-order valence-electron chi connectivity index (χ1n) is 28.0. The van der Waals surface area contributed by atoms with Gasteiger partial charge >= 0.3 is 5.97 Å². The van der Waals surface area contributed by atoms with Crippen LogP contribution in [0.5, 0.6) is 5.75 Å². The zero-order chi connectivity index (χ0) is 55.5. The first-order valence-corrected chi connectivity index (χ1v) is 28.0. The van der Waals surface area contributed by atoms with E-state index in [2.05, 4.69) is 116 Å². The van der Waals surface area contributed by atoms with E-state index in [9.17, 15) is 19.5 Å². The Balaban J connectivity index is 1.18. The van der Waals surface area contributed by atoms with E-state index < -0.39 is 41.2 Å². The summed E-state index contributed by atoms with van der Waals surface area (Å²) in [5, 5.41) is 17.0. The second-order valence-corrected chi connectivity index (χ2v) is 23.6. The maximum atomic E-state index is 15.6. The lowest BCUT2D eigenvalue weighted by molar-refractivity contribution is -0.157. The molecule has 2 aromatic heterocycles. The van der Waals surface area contributed by atoms with Crippen molar-refractivity contribution in [2.24, 2.45) is 42.1 Å². The molecule has 3 amide bonds. The molecule has 1 aliphatic carbocycles. The lowest BCUT2D eigenvalue weighted by Crippen LogP contribution is -2.59. The van der Waals surface area contributed by atoms with Crippen molar-refractivity contribution in [1.29, 1.82) is 0 Å². The molecule has 4 heterocycles. The normalized spacial score (nSPS) is 19.3. The van der Waals surface area contributed by atoms with Gasteiger partial charge in [0.15, 0.2) is 5.78 Å². The molecule has 5 aromatic rings. The monoisotopic (exact) mass is 1050 g/mol. The number of amides is 3. The number of carbonyl (C=O) groups is 5. The molecule has 3 unspecified atom stereocenters. The number of likely N-dealkylation sites (N-methyl/N-ethyl adjacent to an activating group) is 1. The van der Waals surface area contributed by atoms with Crippen LogP contribution in [0.25, 0.3) is 33.3 Å². The molecule has 3 N–H and O–H groups in total. The first-order chi connectivity index (χ1) is 36.7. The molecule has 2 fully saturated rings. The van der Waals surface area contributed by atoms with E-state index in [0.29, 0.717) is 43.1 Å². The van der Waals surface area contributed by atoms with E-state index in [1.807, 2.05) is 26.0 Å². The van der Waals surface area contributed by atoms with Gasteiger partial charge in [-0.05, 0) is 142 Å². The fourth-order valence-corrected chi connectivity index (χ4v) is 12.0. The van der Waals surface area contributed by atoms with Crippen LogP contribution in [0.3, 0.4) is 0 Å². The third-order valence-electron chi connectivity index (χ3n) is 15.9. The van der Waals surface area contributed by atoms with E-state index in [1.165, 1.54) is 32.3 Å². The van der Waals surface area contributed by atoms with E-state index in [4.69, 9.17) is 4.74 Å². The number of esters is 1. The van der Waals surface area contributed by atoms with Gasteiger partial charge in [0.25, 0.3) is 5.91 Å². The average molecular weight is 1050 g/mol. The fraction of sp³-hybridized carbons (Fsp3) is 0.516. The number of hydrogen-bond donors (Lipinski definition) is 3. The number of phenols is 1. The minimum atomic E-state index is -0.951. The average Bonchev–Trinajstić information content (AvgIpc) is 4.10. The lowest BCUT2D eigenvalue weighted by Gasteiger charge is -2.39. The molecule has 412 valence electrons. The highest BCUT2D eigenvalue weighted by molar-refractivity contribution is 6.01. The Hall–Kier alpha value is -6.58. The highest BCUT2D eigenvalue weighted by atomic mass is 16.5. The number of ketones is 1. The van der Waals surface area contributed by atoms with E-state index in [-0.39, 0.29) is 54.0 Å². The number of Topliss-reactive ketones (excluding diaryl/α,β-unsaturated/α-hetero) is 1. The van der Waals surface area contributed by atoms with Crippen LogP contribution in [0.4, 0.5) is 5.82 Å². The van der Waals surface area contributed by atoms with E-state index in [0.717, 1.165) is 84.0 Å². The third-order valence-corrected chi connectivity index (χ3v) is 15.9. The Morgan fingerprint density at radius 3 is 2.44 bits per heavy atom. The Bertz CT molecular complexity index is 3020. The summed E-state index contributed by atoms with van der Waals surface area (Å²) in [6.45, 7) is 16.4. The minimum Gasteiger partial charge on any atom is -0.508 e. The molecule has 2 aliphatic heterocycles. The van der Waals surface area contributed by atoms with Gasteiger partial charge in [0.2, 0.25) is 17.6 Å². The molecule has 0 spiro atoms. The summed E-state index contributed by atoms with van der Waals surface area (Å²) in [6, 6.07) is 18.7. The van der Waals surface area contributed by atoms with Crippen molar-refractivity contribution in [1.82, 2.24) is 34.4 Å². The molecular weight excluding hydrogens is 969 g/mol. The summed E-state index contributed by atoms with van der Waals surface area (Å²) in [7, 11) is 7.40. The number of allylic oxidation sites excluding steroid dienone is 1.